The second-order valence-corrected chi connectivity index (χ2v) is 4.97. The molecular weight excluding hydrogens is 214 g/mol. The number of nitrogens with two attached hydrogens (primary N) is 2. The number of hydrogen-bond donors (Lipinski definition) is 3. The van der Waals surface area contributed by atoms with Crippen molar-refractivity contribution in [3.63, 3.8) is 0 Å². The van der Waals surface area contributed by atoms with Crippen LogP contribution in [0.5, 0.6) is 0 Å². The van der Waals surface area contributed by atoms with Crippen LogP contribution in [0.2, 0.25) is 0 Å². The Balaban J connectivity index is 2.42. The van der Waals surface area contributed by atoms with E-state index in [1.165, 1.54) is 0 Å². The number of benzene rings is 1. The van der Waals surface area contributed by atoms with E-state index in [2.05, 4.69) is 15.3 Å². The van der Waals surface area contributed by atoms with Crippen LogP contribution in [0, 0.1) is 0 Å². The topological polar surface area (TPSA) is 88.8 Å². The third-order valence-electron chi connectivity index (χ3n) is 2.92. The van der Waals surface area contributed by atoms with Crippen LogP contribution in [0.4, 0.5) is 0 Å². The molecule has 5 heteroatoms. The molecule has 1 aromatic rings. The van der Waals surface area contributed by atoms with Crippen LogP contribution in [-0.2, 0) is 0 Å². The molecule has 5 nitrogen and oxygen atoms in total. The fraction of sp³-hybridized carbons (Fsp3) is 0.333. The lowest BCUT2D eigenvalue weighted by molar-refractivity contribution is 0.495. The van der Waals surface area contributed by atoms with Crippen molar-refractivity contribution in [2.24, 2.45) is 21.5 Å². The summed E-state index contributed by atoms with van der Waals surface area (Å²) in [6, 6.07) is 7.78. The number of rotatable bonds is 0. The Morgan fingerprint density at radius 3 is 2.59 bits per heavy atom. The third-order valence-corrected chi connectivity index (χ3v) is 2.92. The summed E-state index contributed by atoms with van der Waals surface area (Å²) in [4.78, 5) is 8.87. The van der Waals surface area contributed by atoms with Crippen LogP contribution in [0.1, 0.15) is 13.8 Å². The van der Waals surface area contributed by atoms with Crippen LogP contribution in [-0.4, -0.2) is 17.2 Å². The largest absolute Gasteiger partial charge is 0.360 e. The van der Waals surface area contributed by atoms with Gasteiger partial charge >= 0.3 is 0 Å². The van der Waals surface area contributed by atoms with Gasteiger partial charge in [-0.1, -0.05) is 18.2 Å². The summed E-state index contributed by atoms with van der Waals surface area (Å²) in [6.45, 7) is 3.95. The average Bonchev–Trinajstić information content (AvgIpc) is 2.55. The smallest absolute Gasteiger partial charge is 0.205 e. The maximum Gasteiger partial charge on any atom is 0.205 e. The molecule has 2 aliphatic rings. The predicted molar refractivity (Wildman–Crippen MR) is 66.4 cm³/mol. The first kappa shape index (κ1) is 10.4. The van der Waals surface area contributed by atoms with Crippen molar-refractivity contribution in [1.29, 1.82) is 0 Å². The van der Waals surface area contributed by atoms with Crippen LogP contribution in [0.15, 0.2) is 34.3 Å². The van der Waals surface area contributed by atoms with Crippen molar-refractivity contribution in [1.82, 2.24) is 5.32 Å². The lowest BCUT2D eigenvalue weighted by Crippen LogP contribution is -2.60. The molecule has 0 aromatic heterocycles. The maximum atomic E-state index is 6.02. The molecule has 0 radical (unpaired) electrons. The van der Waals surface area contributed by atoms with Crippen molar-refractivity contribution >= 4 is 11.4 Å². The number of aliphatic imine (C=N–C) groups is 1. The number of nitrogens with one attached hydrogen (secondary N) is 1. The summed E-state index contributed by atoms with van der Waals surface area (Å²) in [5, 5.41) is 5.14. The van der Waals surface area contributed by atoms with Crippen LogP contribution >= 0.6 is 0 Å². The minimum atomic E-state index is -1.25. The van der Waals surface area contributed by atoms with E-state index >= 15 is 0 Å². The number of hydrogen-bond acceptors (Lipinski definition) is 5. The highest BCUT2D eigenvalue weighted by molar-refractivity contribution is 6.24. The zero-order valence-electron chi connectivity index (χ0n) is 9.86. The van der Waals surface area contributed by atoms with Gasteiger partial charge < -0.3 is 5.32 Å². The molecule has 5 N–H and O–H groups in total. The van der Waals surface area contributed by atoms with E-state index in [1.807, 2.05) is 38.1 Å². The Morgan fingerprint density at radius 1 is 1.12 bits per heavy atom. The van der Waals surface area contributed by atoms with E-state index < -0.39 is 5.79 Å². The van der Waals surface area contributed by atoms with Gasteiger partial charge in [0.25, 0.3) is 0 Å². The first-order valence-electron chi connectivity index (χ1n) is 5.55. The molecule has 0 atom stereocenters. The van der Waals surface area contributed by atoms with E-state index in [0.29, 0.717) is 5.71 Å². The van der Waals surface area contributed by atoms with Gasteiger partial charge in [0.2, 0.25) is 5.79 Å². The van der Waals surface area contributed by atoms with Crippen molar-refractivity contribution in [2.45, 2.75) is 25.3 Å². The van der Waals surface area contributed by atoms with Gasteiger partial charge in [0.1, 0.15) is 11.4 Å². The normalized spacial score (nSPS) is 23.1. The lowest BCUT2D eigenvalue weighted by Gasteiger charge is -2.23. The van der Waals surface area contributed by atoms with Crippen molar-refractivity contribution < 1.29 is 0 Å². The monoisotopic (exact) mass is 229 g/mol. The Morgan fingerprint density at radius 2 is 1.82 bits per heavy atom. The Bertz CT molecular complexity index is 639. The molecule has 2 aliphatic heterocycles. The number of nitrogens with zero attached hydrogens (tertiary/aromatic N) is 2. The third kappa shape index (κ3) is 1.47. The Kier molecular flexibility index (Phi) is 1.80. The first-order chi connectivity index (χ1) is 7.89. The van der Waals surface area contributed by atoms with Gasteiger partial charge in [0.05, 0.1) is 11.1 Å². The molecule has 0 bridgehead atoms. The van der Waals surface area contributed by atoms with E-state index in [0.717, 1.165) is 16.3 Å². The highest BCUT2D eigenvalue weighted by Gasteiger charge is 2.40. The molecule has 2 heterocycles. The summed E-state index contributed by atoms with van der Waals surface area (Å²) < 4.78 is 0. The van der Waals surface area contributed by atoms with E-state index in [4.69, 9.17) is 11.5 Å². The minimum absolute atomic E-state index is 0.387. The molecule has 0 unspecified atom stereocenters. The van der Waals surface area contributed by atoms with Gasteiger partial charge in [-0.25, -0.2) is 4.99 Å². The minimum Gasteiger partial charge on any atom is -0.360 e. The molecule has 0 saturated heterocycles. The van der Waals surface area contributed by atoms with Crippen molar-refractivity contribution in [3.05, 3.63) is 34.8 Å². The fourth-order valence-electron chi connectivity index (χ4n) is 2.25. The summed E-state index contributed by atoms with van der Waals surface area (Å²) in [5.74, 6) is -1.25. The molecule has 1 aromatic carbocycles. The summed E-state index contributed by atoms with van der Waals surface area (Å²) in [6.07, 6.45) is 0. The zero-order chi connectivity index (χ0) is 12.3. The maximum absolute atomic E-state index is 6.02. The van der Waals surface area contributed by atoms with Gasteiger partial charge in [-0.3, -0.25) is 16.5 Å². The van der Waals surface area contributed by atoms with Gasteiger partial charge in [0, 0.05) is 5.22 Å². The van der Waals surface area contributed by atoms with Crippen molar-refractivity contribution in [3.8, 4) is 0 Å². The Hall–Kier alpha value is -1.72. The Labute approximate surface area is 98.9 Å². The highest BCUT2D eigenvalue weighted by atomic mass is 15.3. The molecule has 17 heavy (non-hydrogen) atoms. The summed E-state index contributed by atoms with van der Waals surface area (Å²) in [5.41, 5.74) is 13.2. The average molecular weight is 229 g/mol. The summed E-state index contributed by atoms with van der Waals surface area (Å²) in [7, 11) is 0. The van der Waals surface area contributed by atoms with Gasteiger partial charge in [0.15, 0.2) is 0 Å². The number of para-hydroxylation sites is 1. The fourth-order valence-corrected chi connectivity index (χ4v) is 2.25. The van der Waals surface area contributed by atoms with Crippen molar-refractivity contribution in [2.75, 3.05) is 0 Å². The standard InChI is InChI=1S/C12H15N5/c1-11(2)16-9-7-5-3-4-6-8(7)15-12(13,14)10(9)17-11/h3-6,16H,13-14H2,1-2H3. The second kappa shape index (κ2) is 2.94. The molecule has 3 rings (SSSR count). The molecule has 0 saturated carbocycles. The van der Waals surface area contributed by atoms with E-state index in [-0.39, 0.29) is 5.66 Å². The molecule has 0 aliphatic carbocycles. The quantitative estimate of drug-likeness (QED) is 0.487. The molecule has 0 amide bonds. The van der Waals surface area contributed by atoms with Gasteiger partial charge in [-0.15, -0.1) is 0 Å². The number of fused-ring (bicyclic) bond motifs is 2. The highest BCUT2D eigenvalue weighted by Crippen LogP contribution is 2.22. The van der Waals surface area contributed by atoms with Crippen LogP contribution < -0.4 is 27.4 Å². The van der Waals surface area contributed by atoms with E-state index in [1.54, 1.807) is 0 Å². The molecule has 88 valence electrons. The van der Waals surface area contributed by atoms with Crippen LogP contribution in [0.3, 0.4) is 0 Å². The zero-order valence-corrected chi connectivity index (χ0v) is 9.86. The lowest BCUT2D eigenvalue weighted by atomic mass is 10.1. The van der Waals surface area contributed by atoms with Crippen LogP contribution in [0.25, 0.3) is 5.70 Å². The van der Waals surface area contributed by atoms with Gasteiger partial charge in [-0.05, 0) is 19.9 Å². The molecular formula is C12H15N5. The molecule has 0 fully saturated rings. The van der Waals surface area contributed by atoms with E-state index in [9.17, 15) is 0 Å². The molecule has 0 spiro atoms. The van der Waals surface area contributed by atoms with Gasteiger partial charge in [-0.2, -0.15) is 0 Å². The predicted octanol–water partition coefficient (Wildman–Crippen LogP) is -1.22. The second-order valence-electron chi connectivity index (χ2n) is 4.97. The SMILES string of the molecule is CC1(C)N=C2C(=c3ccccc3=NC2(N)N)N1. The first-order valence-corrected chi connectivity index (χ1v) is 5.55. The summed E-state index contributed by atoms with van der Waals surface area (Å²) >= 11 is 0.